The molecular formula is C28H23ClN2O6S. The summed E-state index contributed by atoms with van der Waals surface area (Å²) in [6, 6.07) is 14.4. The van der Waals surface area contributed by atoms with Crippen LogP contribution < -0.4 is 19.1 Å². The summed E-state index contributed by atoms with van der Waals surface area (Å²) in [4.78, 5) is 33.0. The van der Waals surface area contributed by atoms with E-state index in [1.165, 1.54) is 37.6 Å². The van der Waals surface area contributed by atoms with Crippen LogP contribution in [-0.4, -0.2) is 43.1 Å². The van der Waals surface area contributed by atoms with E-state index in [1.807, 2.05) is 25.1 Å². The van der Waals surface area contributed by atoms with Gasteiger partial charge in [0.05, 0.1) is 43.2 Å². The number of thiazole rings is 1. The molecule has 0 saturated carbocycles. The fraction of sp³-hybridized carbons (Fsp3) is 0.179. The Hall–Kier alpha value is -4.08. The SMILES string of the molecule is COc1cc([C@H]2C(=C(O)c3ccc(Cl)cc3)C(=O)C(=O)N2c2nc3ccc(C)cc3s2)cc(OC)c1OC. The quantitative estimate of drug-likeness (QED) is 0.181. The molecule has 1 N–H and O–H groups in total. The second-order valence-electron chi connectivity index (χ2n) is 8.60. The zero-order valence-electron chi connectivity index (χ0n) is 20.9. The van der Waals surface area contributed by atoms with Crippen molar-refractivity contribution in [2.75, 3.05) is 26.2 Å². The number of carbonyl (C=O) groups is 2. The standard InChI is InChI=1S/C28H23ClN2O6S/c1-14-5-10-18-21(11-14)38-28(30-18)31-23(16-12-19(35-2)26(37-4)20(13-16)36-3)22(25(33)27(31)34)24(32)15-6-8-17(29)9-7-15/h5-13,23,32H,1-4H3/t23-/m0/s1. The van der Waals surface area contributed by atoms with E-state index in [0.29, 0.717) is 44.0 Å². The van der Waals surface area contributed by atoms with E-state index in [9.17, 15) is 14.7 Å². The van der Waals surface area contributed by atoms with Gasteiger partial charge in [0.15, 0.2) is 16.6 Å². The number of hydrogen-bond acceptors (Lipinski definition) is 8. The second kappa shape index (κ2) is 10.00. The summed E-state index contributed by atoms with van der Waals surface area (Å²) < 4.78 is 17.4. The molecule has 3 aromatic carbocycles. The minimum Gasteiger partial charge on any atom is -0.507 e. The Labute approximate surface area is 227 Å². The van der Waals surface area contributed by atoms with Crippen LogP contribution in [0.5, 0.6) is 17.2 Å². The number of anilines is 1. The van der Waals surface area contributed by atoms with Crippen LogP contribution in [0.4, 0.5) is 5.13 Å². The molecule has 0 aliphatic carbocycles. The molecule has 2 heterocycles. The maximum absolute atomic E-state index is 13.6. The molecule has 1 saturated heterocycles. The summed E-state index contributed by atoms with van der Waals surface area (Å²) in [5.41, 5.74) is 2.44. The van der Waals surface area contributed by atoms with Crippen molar-refractivity contribution in [2.24, 2.45) is 0 Å². The van der Waals surface area contributed by atoms with Crippen molar-refractivity contribution in [3.05, 3.63) is 81.9 Å². The summed E-state index contributed by atoms with van der Waals surface area (Å²) >= 11 is 7.31. The lowest BCUT2D eigenvalue weighted by Gasteiger charge is -2.24. The molecule has 0 unspecified atom stereocenters. The number of Topliss-reactive ketones (excluding diaryl/α,β-unsaturated/α-hetero) is 1. The van der Waals surface area contributed by atoms with Crippen LogP contribution in [0.1, 0.15) is 22.7 Å². The summed E-state index contributed by atoms with van der Waals surface area (Å²) in [7, 11) is 4.43. The number of rotatable bonds is 6. The van der Waals surface area contributed by atoms with Gasteiger partial charge in [-0.3, -0.25) is 14.5 Å². The maximum atomic E-state index is 13.6. The highest BCUT2D eigenvalue weighted by molar-refractivity contribution is 7.22. The molecule has 1 aliphatic rings. The molecule has 1 aromatic heterocycles. The Morgan fingerprint density at radius 1 is 0.974 bits per heavy atom. The lowest BCUT2D eigenvalue weighted by Crippen LogP contribution is -2.29. The number of fused-ring (bicyclic) bond motifs is 1. The van der Waals surface area contributed by atoms with Crippen LogP contribution >= 0.6 is 22.9 Å². The minimum absolute atomic E-state index is 0.0953. The molecule has 0 radical (unpaired) electrons. The van der Waals surface area contributed by atoms with Crippen molar-refractivity contribution in [3.8, 4) is 17.2 Å². The molecule has 0 spiro atoms. The van der Waals surface area contributed by atoms with Crippen LogP contribution in [0.2, 0.25) is 5.02 Å². The number of hydrogen-bond donors (Lipinski definition) is 1. The van der Waals surface area contributed by atoms with Gasteiger partial charge in [0, 0.05) is 10.6 Å². The third-order valence-corrected chi connectivity index (χ3v) is 7.57. The van der Waals surface area contributed by atoms with Crippen LogP contribution in [0.25, 0.3) is 16.0 Å². The number of aryl methyl sites for hydroxylation is 1. The van der Waals surface area contributed by atoms with E-state index < -0.39 is 17.7 Å². The monoisotopic (exact) mass is 550 g/mol. The Morgan fingerprint density at radius 2 is 1.63 bits per heavy atom. The molecule has 8 nitrogen and oxygen atoms in total. The van der Waals surface area contributed by atoms with E-state index in [0.717, 1.165) is 10.3 Å². The van der Waals surface area contributed by atoms with Crippen molar-refractivity contribution in [1.29, 1.82) is 0 Å². The number of halogens is 1. The van der Waals surface area contributed by atoms with Gasteiger partial charge in [-0.15, -0.1) is 0 Å². The lowest BCUT2D eigenvalue weighted by molar-refractivity contribution is -0.132. The van der Waals surface area contributed by atoms with E-state index in [-0.39, 0.29) is 11.3 Å². The molecule has 1 fully saturated rings. The van der Waals surface area contributed by atoms with Crippen LogP contribution in [-0.2, 0) is 9.59 Å². The zero-order chi connectivity index (χ0) is 27.1. The highest BCUT2D eigenvalue weighted by Gasteiger charge is 2.48. The summed E-state index contributed by atoms with van der Waals surface area (Å²) in [5, 5.41) is 12.1. The number of carbonyl (C=O) groups excluding carboxylic acids is 2. The second-order valence-corrected chi connectivity index (χ2v) is 10.0. The van der Waals surface area contributed by atoms with Gasteiger partial charge in [0.1, 0.15) is 5.76 Å². The van der Waals surface area contributed by atoms with Crippen LogP contribution in [0.3, 0.4) is 0 Å². The third kappa shape index (κ3) is 4.23. The predicted octanol–water partition coefficient (Wildman–Crippen LogP) is 5.91. The van der Waals surface area contributed by atoms with Crippen molar-refractivity contribution >= 4 is 55.7 Å². The minimum atomic E-state index is -1.03. The molecule has 1 aliphatic heterocycles. The normalized spacial score (nSPS) is 16.8. The number of amides is 1. The van der Waals surface area contributed by atoms with Gasteiger partial charge in [-0.2, -0.15) is 0 Å². The average Bonchev–Trinajstić information content (AvgIpc) is 3.45. The fourth-order valence-electron chi connectivity index (χ4n) is 4.49. The number of ketones is 1. The molecule has 194 valence electrons. The number of nitrogens with zero attached hydrogens (tertiary/aromatic N) is 2. The predicted molar refractivity (Wildman–Crippen MR) is 147 cm³/mol. The number of methoxy groups -OCH3 is 3. The van der Waals surface area contributed by atoms with Gasteiger partial charge in [0.25, 0.3) is 5.78 Å². The molecule has 38 heavy (non-hydrogen) atoms. The average molecular weight is 551 g/mol. The van der Waals surface area contributed by atoms with E-state index in [2.05, 4.69) is 4.98 Å². The van der Waals surface area contributed by atoms with Crippen molar-refractivity contribution in [1.82, 2.24) is 4.98 Å². The Balaban J connectivity index is 1.78. The Bertz CT molecular complexity index is 1590. The van der Waals surface area contributed by atoms with Gasteiger partial charge in [-0.1, -0.05) is 29.0 Å². The fourth-order valence-corrected chi connectivity index (χ4v) is 5.71. The van der Waals surface area contributed by atoms with Crippen molar-refractivity contribution in [3.63, 3.8) is 0 Å². The van der Waals surface area contributed by atoms with Crippen molar-refractivity contribution < 1.29 is 28.9 Å². The van der Waals surface area contributed by atoms with Crippen molar-refractivity contribution in [2.45, 2.75) is 13.0 Å². The number of benzene rings is 3. The van der Waals surface area contributed by atoms with Crippen LogP contribution in [0.15, 0.2) is 60.2 Å². The first kappa shape index (κ1) is 25.6. The topological polar surface area (TPSA) is 98.2 Å². The van der Waals surface area contributed by atoms with Gasteiger partial charge in [0.2, 0.25) is 5.75 Å². The van der Waals surface area contributed by atoms with Gasteiger partial charge < -0.3 is 19.3 Å². The molecule has 1 atom stereocenters. The highest BCUT2D eigenvalue weighted by Crippen LogP contribution is 2.48. The molecule has 0 bridgehead atoms. The first-order valence-electron chi connectivity index (χ1n) is 11.5. The van der Waals surface area contributed by atoms with E-state index >= 15 is 0 Å². The van der Waals surface area contributed by atoms with Gasteiger partial charge in [-0.05, 0) is 66.6 Å². The molecule has 4 aromatic rings. The number of aromatic nitrogens is 1. The zero-order valence-corrected chi connectivity index (χ0v) is 22.5. The molecule has 5 rings (SSSR count). The van der Waals surface area contributed by atoms with Crippen LogP contribution in [0, 0.1) is 6.92 Å². The summed E-state index contributed by atoms with van der Waals surface area (Å²) in [6.07, 6.45) is 0. The molecular weight excluding hydrogens is 528 g/mol. The molecule has 1 amide bonds. The molecule has 10 heteroatoms. The number of aliphatic hydroxyl groups is 1. The van der Waals surface area contributed by atoms with E-state index in [1.54, 1.807) is 36.4 Å². The largest absolute Gasteiger partial charge is 0.507 e. The number of aliphatic hydroxyl groups excluding tert-OH is 1. The van der Waals surface area contributed by atoms with Gasteiger partial charge >= 0.3 is 5.91 Å². The first-order chi connectivity index (χ1) is 18.3. The summed E-state index contributed by atoms with van der Waals surface area (Å²) in [5.74, 6) is -0.971. The highest BCUT2D eigenvalue weighted by atomic mass is 35.5. The Morgan fingerprint density at radius 3 is 2.24 bits per heavy atom. The lowest BCUT2D eigenvalue weighted by atomic mass is 9.95. The first-order valence-corrected chi connectivity index (χ1v) is 12.7. The third-order valence-electron chi connectivity index (χ3n) is 6.30. The van der Waals surface area contributed by atoms with Gasteiger partial charge in [-0.25, -0.2) is 4.98 Å². The maximum Gasteiger partial charge on any atom is 0.301 e. The van der Waals surface area contributed by atoms with E-state index in [4.69, 9.17) is 25.8 Å². The smallest absolute Gasteiger partial charge is 0.301 e. The summed E-state index contributed by atoms with van der Waals surface area (Å²) in [6.45, 7) is 1.97. The Kier molecular flexibility index (Phi) is 6.73. The number of ether oxygens (including phenoxy) is 3.